The van der Waals surface area contributed by atoms with Crippen molar-refractivity contribution in [2.45, 2.75) is 0 Å². The van der Waals surface area contributed by atoms with E-state index in [1.807, 2.05) is 60.0 Å². The van der Waals surface area contributed by atoms with Crippen LogP contribution in [0.4, 0.5) is 5.69 Å². The average molecular weight is 346 g/mol. The van der Waals surface area contributed by atoms with Crippen LogP contribution in [0.1, 0.15) is 5.76 Å². The van der Waals surface area contributed by atoms with Gasteiger partial charge in [-0.25, -0.2) is 4.98 Å². The van der Waals surface area contributed by atoms with Gasteiger partial charge in [0, 0.05) is 34.3 Å². The highest BCUT2D eigenvalue weighted by Gasteiger charge is 2.03. The van der Waals surface area contributed by atoms with E-state index < -0.39 is 0 Å². The second-order valence-corrected chi connectivity index (χ2v) is 6.32. The highest BCUT2D eigenvalue weighted by molar-refractivity contribution is 7.13. The van der Waals surface area contributed by atoms with Crippen LogP contribution in [-0.4, -0.2) is 10.9 Å². The van der Waals surface area contributed by atoms with E-state index >= 15 is 0 Å². The molecule has 4 rings (SSSR count). The van der Waals surface area contributed by atoms with Crippen molar-refractivity contribution in [1.82, 2.24) is 4.98 Å². The summed E-state index contributed by atoms with van der Waals surface area (Å²) in [5, 5.41) is 6.75. The van der Waals surface area contributed by atoms with E-state index in [0.29, 0.717) is 5.76 Å². The van der Waals surface area contributed by atoms with Gasteiger partial charge in [0.25, 0.3) is 0 Å². The number of rotatable bonds is 4. The zero-order chi connectivity index (χ0) is 17.1. The van der Waals surface area contributed by atoms with Gasteiger partial charge in [-0.1, -0.05) is 18.2 Å². The van der Waals surface area contributed by atoms with Crippen molar-refractivity contribution in [2.75, 3.05) is 5.32 Å². The summed E-state index contributed by atoms with van der Waals surface area (Å²) < 4.78 is 5.65. The smallest absolute Gasteiger partial charge is 0.248 e. The fourth-order valence-corrected chi connectivity index (χ4v) is 3.13. The molecule has 0 aliphatic heterocycles. The first-order valence-corrected chi connectivity index (χ1v) is 8.63. The largest absolute Gasteiger partial charge is 0.457 e. The number of amides is 1. The number of furan rings is 1. The van der Waals surface area contributed by atoms with Gasteiger partial charge in [0.1, 0.15) is 16.4 Å². The Kier molecular flexibility index (Phi) is 4.14. The molecule has 25 heavy (non-hydrogen) atoms. The molecule has 0 unspecified atom stereocenters. The lowest BCUT2D eigenvalue weighted by atomic mass is 10.2. The third-order valence-corrected chi connectivity index (χ3v) is 4.50. The molecule has 0 bridgehead atoms. The minimum Gasteiger partial charge on any atom is -0.457 e. The predicted molar refractivity (Wildman–Crippen MR) is 101 cm³/mol. The lowest BCUT2D eigenvalue weighted by Crippen LogP contribution is -2.07. The van der Waals surface area contributed by atoms with Crippen LogP contribution in [0.15, 0.2) is 76.7 Å². The molecule has 0 fully saturated rings. The Hall–Kier alpha value is -3.18. The maximum absolute atomic E-state index is 12.1. The van der Waals surface area contributed by atoms with Crippen LogP contribution >= 0.6 is 11.3 Å². The molecule has 4 aromatic rings. The number of hydrogen-bond donors (Lipinski definition) is 1. The number of aromatic nitrogens is 1. The Balaban J connectivity index is 1.43. The molecule has 2 heterocycles. The number of para-hydroxylation sites is 1. The lowest BCUT2D eigenvalue weighted by molar-refractivity contribution is -0.111. The minimum absolute atomic E-state index is 0.206. The minimum atomic E-state index is -0.206. The number of hydrogen-bond acceptors (Lipinski definition) is 4. The van der Waals surface area contributed by atoms with Gasteiger partial charge in [0.2, 0.25) is 5.91 Å². The summed E-state index contributed by atoms with van der Waals surface area (Å²) >= 11 is 1.58. The molecule has 1 amide bonds. The number of carbonyl (C=O) groups is 1. The molecule has 2 aromatic carbocycles. The topological polar surface area (TPSA) is 55.1 Å². The first-order valence-electron chi connectivity index (χ1n) is 7.75. The van der Waals surface area contributed by atoms with Gasteiger partial charge in [-0.05, 0) is 42.5 Å². The monoisotopic (exact) mass is 346 g/mol. The molecule has 122 valence electrons. The number of benzene rings is 2. The van der Waals surface area contributed by atoms with Gasteiger partial charge in [-0.2, -0.15) is 0 Å². The van der Waals surface area contributed by atoms with E-state index in [1.54, 1.807) is 23.6 Å². The number of nitrogens with zero attached hydrogens (tertiary/aromatic N) is 1. The van der Waals surface area contributed by atoms with Crippen LogP contribution in [0, 0.1) is 0 Å². The summed E-state index contributed by atoms with van der Waals surface area (Å²) in [6.45, 7) is 0. The van der Waals surface area contributed by atoms with Crippen LogP contribution in [0.25, 0.3) is 27.6 Å². The van der Waals surface area contributed by atoms with Crippen molar-refractivity contribution in [3.63, 3.8) is 0 Å². The van der Waals surface area contributed by atoms with Gasteiger partial charge in [-0.15, -0.1) is 11.3 Å². The number of fused-ring (bicyclic) bond motifs is 1. The SMILES string of the molecule is O=C(/C=C/c1cc2ccccc2o1)Nc1ccc(-c2nccs2)cc1. The van der Waals surface area contributed by atoms with E-state index in [9.17, 15) is 4.79 Å². The van der Waals surface area contributed by atoms with E-state index in [4.69, 9.17) is 4.42 Å². The van der Waals surface area contributed by atoms with E-state index in [1.165, 1.54) is 6.08 Å². The van der Waals surface area contributed by atoms with Crippen LogP contribution < -0.4 is 5.32 Å². The molecule has 0 radical (unpaired) electrons. The van der Waals surface area contributed by atoms with Crippen molar-refractivity contribution >= 4 is 40.0 Å². The molecular weight excluding hydrogens is 332 g/mol. The van der Waals surface area contributed by atoms with Crippen LogP contribution in [0.3, 0.4) is 0 Å². The second kappa shape index (κ2) is 6.75. The van der Waals surface area contributed by atoms with Crippen LogP contribution in [0.5, 0.6) is 0 Å². The van der Waals surface area contributed by atoms with Gasteiger partial charge in [-0.3, -0.25) is 4.79 Å². The Morgan fingerprint density at radius 2 is 1.96 bits per heavy atom. The van der Waals surface area contributed by atoms with E-state index in [0.717, 1.165) is 27.2 Å². The third kappa shape index (κ3) is 3.51. The molecule has 0 aliphatic rings. The molecule has 0 spiro atoms. The van der Waals surface area contributed by atoms with Gasteiger partial charge in [0.15, 0.2) is 0 Å². The van der Waals surface area contributed by atoms with Crippen molar-refractivity contribution in [1.29, 1.82) is 0 Å². The Labute approximate surface area is 148 Å². The van der Waals surface area contributed by atoms with E-state index in [-0.39, 0.29) is 5.91 Å². The Morgan fingerprint density at radius 1 is 1.12 bits per heavy atom. The summed E-state index contributed by atoms with van der Waals surface area (Å²) in [6, 6.07) is 17.3. The number of anilines is 1. The summed E-state index contributed by atoms with van der Waals surface area (Å²) in [7, 11) is 0. The van der Waals surface area contributed by atoms with Crippen LogP contribution in [0.2, 0.25) is 0 Å². The average Bonchev–Trinajstić information content (AvgIpc) is 3.30. The standard InChI is InChI=1S/C20H14N2O2S/c23-19(10-9-17-13-15-3-1-2-4-18(15)24-17)22-16-7-5-14(6-8-16)20-21-11-12-25-20/h1-13H,(H,22,23)/b10-9+. The number of nitrogens with one attached hydrogen (secondary N) is 1. The van der Waals surface area contributed by atoms with Crippen molar-refractivity contribution in [3.05, 3.63) is 78.0 Å². The molecular formula is C20H14N2O2S. The van der Waals surface area contributed by atoms with Gasteiger partial charge < -0.3 is 9.73 Å². The first-order chi connectivity index (χ1) is 12.3. The maximum atomic E-state index is 12.1. The first kappa shape index (κ1) is 15.4. The molecule has 2 aromatic heterocycles. The Bertz CT molecular complexity index is 998. The lowest BCUT2D eigenvalue weighted by Gasteiger charge is -2.03. The highest BCUT2D eigenvalue weighted by atomic mass is 32.1. The molecule has 0 saturated heterocycles. The number of thiazole rings is 1. The predicted octanol–water partition coefficient (Wildman–Crippen LogP) is 5.21. The van der Waals surface area contributed by atoms with Gasteiger partial charge >= 0.3 is 0 Å². The summed E-state index contributed by atoms with van der Waals surface area (Å²) in [6.07, 6.45) is 4.91. The van der Waals surface area contributed by atoms with Crippen molar-refractivity contribution in [2.24, 2.45) is 0 Å². The quantitative estimate of drug-likeness (QED) is 0.516. The molecule has 5 heteroatoms. The molecule has 0 atom stereocenters. The molecule has 1 N–H and O–H groups in total. The summed E-state index contributed by atoms with van der Waals surface area (Å²) in [5.74, 6) is 0.443. The fraction of sp³-hybridized carbons (Fsp3) is 0. The number of carbonyl (C=O) groups excluding carboxylic acids is 1. The van der Waals surface area contributed by atoms with Crippen molar-refractivity contribution in [3.8, 4) is 10.6 Å². The second-order valence-electron chi connectivity index (χ2n) is 5.42. The summed E-state index contributed by atoms with van der Waals surface area (Å²) in [5.41, 5.74) is 2.57. The van der Waals surface area contributed by atoms with E-state index in [2.05, 4.69) is 10.3 Å². The molecule has 0 aliphatic carbocycles. The zero-order valence-electron chi connectivity index (χ0n) is 13.2. The molecule has 0 saturated carbocycles. The fourth-order valence-electron chi connectivity index (χ4n) is 2.49. The maximum Gasteiger partial charge on any atom is 0.248 e. The van der Waals surface area contributed by atoms with Crippen molar-refractivity contribution < 1.29 is 9.21 Å². The van der Waals surface area contributed by atoms with Crippen LogP contribution in [-0.2, 0) is 4.79 Å². The normalized spacial score (nSPS) is 11.2. The summed E-state index contributed by atoms with van der Waals surface area (Å²) in [4.78, 5) is 16.3. The third-order valence-electron chi connectivity index (χ3n) is 3.68. The highest BCUT2D eigenvalue weighted by Crippen LogP contribution is 2.23. The zero-order valence-corrected chi connectivity index (χ0v) is 14.0. The molecule has 4 nitrogen and oxygen atoms in total. The van der Waals surface area contributed by atoms with Gasteiger partial charge in [0.05, 0.1) is 0 Å². The Morgan fingerprint density at radius 3 is 2.72 bits per heavy atom.